The Hall–Kier alpha value is -5.13. The molecular formula is C28H28N6O6. The van der Waals surface area contributed by atoms with Crippen molar-refractivity contribution in [3.63, 3.8) is 0 Å². The van der Waals surface area contributed by atoms with Crippen molar-refractivity contribution in [2.75, 3.05) is 0 Å². The second kappa shape index (κ2) is 10.9. The van der Waals surface area contributed by atoms with Crippen molar-refractivity contribution >= 4 is 45.2 Å². The molecule has 1 heterocycles. The minimum absolute atomic E-state index is 0.0971. The molecule has 0 radical (unpaired) electrons. The van der Waals surface area contributed by atoms with Crippen molar-refractivity contribution < 1.29 is 24.5 Å². The molecule has 1 aromatic heterocycles. The lowest BCUT2D eigenvalue weighted by molar-refractivity contribution is -0.383. The first kappa shape index (κ1) is 26.5. The predicted molar refractivity (Wildman–Crippen MR) is 148 cm³/mol. The number of carbonyl (C=O) groups excluding carboxylic acids is 2. The van der Waals surface area contributed by atoms with Gasteiger partial charge in [0, 0.05) is 18.2 Å². The van der Waals surface area contributed by atoms with Gasteiger partial charge in [-0.2, -0.15) is 0 Å². The van der Waals surface area contributed by atoms with Crippen LogP contribution in [0.1, 0.15) is 47.3 Å². The molecule has 6 N–H and O–H groups in total. The van der Waals surface area contributed by atoms with Gasteiger partial charge < -0.3 is 31.3 Å². The van der Waals surface area contributed by atoms with Gasteiger partial charge in [-0.3, -0.25) is 14.9 Å². The SMILES string of the molecule is NC(=O)O[C@H]1CC[C@H](NC(=O)c2c([N+](=O)[O-])c3ccc(C(N)=NO)cc3n2Cc2cccc3ccccc23)CC1. The van der Waals surface area contributed by atoms with Gasteiger partial charge >= 0.3 is 11.8 Å². The highest BCUT2D eigenvalue weighted by Crippen LogP contribution is 2.35. The number of nitrogens with two attached hydrogens (primary N) is 2. The van der Waals surface area contributed by atoms with E-state index >= 15 is 0 Å². The van der Waals surface area contributed by atoms with Gasteiger partial charge in [-0.1, -0.05) is 53.7 Å². The molecule has 12 heteroatoms. The number of amides is 2. The molecule has 1 aliphatic carbocycles. The van der Waals surface area contributed by atoms with Crippen molar-refractivity contribution in [3.05, 3.63) is 87.6 Å². The van der Waals surface area contributed by atoms with Crippen molar-refractivity contribution in [2.24, 2.45) is 16.6 Å². The van der Waals surface area contributed by atoms with Crippen LogP contribution in [0.25, 0.3) is 21.7 Å². The second-order valence-electron chi connectivity index (χ2n) is 9.78. The zero-order valence-corrected chi connectivity index (χ0v) is 21.4. The molecule has 0 unspecified atom stereocenters. The Morgan fingerprint density at radius 1 is 1.05 bits per heavy atom. The maximum atomic E-state index is 13.8. The number of nitrogens with zero attached hydrogens (tertiary/aromatic N) is 3. The Morgan fingerprint density at radius 3 is 2.48 bits per heavy atom. The van der Waals surface area contributed by atoms with Crippen LogP contribution in [0, 0.1) is 10.1 Å². The first-order valence-electron chi connectivity index (χ1n) is 12.8. The van der Waals surface area contributed by atoms with E-state index in [1.54, 1.807) is 10.6 Å². The van der Waals surface area contributed by atoms with E-state index in [0.717, 1.165) is 16.3 Å². The number of amidine groups is 1. The van der Waals surface area contributed by atoms with Gasteiger partial charge in [0.25, 0.3) is 5.91 Å². The van der Waals surface area contributed by atoms with E-state index in [-0.39, 0.29) is 41.3 Å². The Balaban J connectivity index is 1.60. The summed E-state index contributed by atoms with van der Waals surface area (Å²) >= 11 is 0. The van der Waals surface area contributed by atoms with Crippen molar-refractivity contribution in [3.8, 4) is 0 Å². The van der Waals surface area contributed by atoms with Crippen LogP contribution in [-0.4, -0.2) is 44.7 Å². The molecule has 4 aromatic rings. The fraction of sp³-hybridized carbons (Fsp3) is 0.250. The smallest absolute Gasteiger partial charge is 0.404 e. The number of fused-ring (bicyclic) bond motifs is 2. The summed E-state index contributed by atoms with van der Waals surface area (Å²) in [6, 6.07) is 17.9. The molecule has 12 nitrogen and oxygen atoms in total. The number of carbonyl (C=O) groups is 2. The number of rotatable bonds is 7. The van der Waals surface area contributed by atoms with Crippen LogP contribution in [0.3, 0.4) is 0 Å². The Morgan fingerprint density at radius 2 is 1.77 bits per heavy atom. The zero-order valence-electron chi connectivity index (χ0n) is 21.4. The quantitative estimate of drug-likeness (QED) is 0.0889. The summed E-state index contributed by atoms with van der Waals surface area (Å²) in [7, 11) is 0. The summed E-state index contributed by atoms with van der Waals surface area (Å²) in [6.45, 7) is 0.160. The molecule has 1 saturated carbocycles. The maximum absolute atomic E-state index is 13.8. The number of benzene rings is 3. The minimum Gasteiger partial charge on any atom is -0.446 e. The van der Waals surface area contributed by atoms with E-state index in [9.17, 15) is 24.9 Å². The molecule has 40 heavy (non-hydrogen) atoms. The Bertz CT molecular complexity index is 1650. The fourth-order valence-corrected chi connectivity index (χ4v) is 5.47. The van der Waals surface area contributed by atoms with Gasteiger partial charge in [-0.05, 0) is 54.2 Å². The highest BCUT2D eigenvalue weighted by molar-refractivity contribution is 6.09. The summed E-state index contributed by atoms with van der Waals surface area (Å²) in [6.07, 6.45) is 0.904. The fourth-order valence-electron chi connectivity index (χ4n) is 5.47. The minimum atomic E-state index is -0.840. The molecule has 0 bridgehead atoms. The Kier molecular flexibility index (Phi) is 7.23. The summed E-state index contributed by atoms with van der Waals surface area (Å²) in [5.41, 5.74) is 12.1. The van der Waals surface area contributed by atoms with Gasteiger partial charge in [-0.25, -0.2) is 4.79 Å². The number of nitrogens with one attached hydrogen (secondary N) is 1. The monoisotopic (exact) mass is 544 g/mol. The highest BCUT2D eigenvalue weighted by Gasteiger charge is 2.33. The number of primary amides is 1. The number of aromatic nitrogens is 1. The van der Waals surface area contributed by atoms with E-state index < -0.39 is 16.9 Å². The molecule has 0 spiro atoms. The average molecular weight is 545 g/mol. The zero-order chi connectivity index (χ0) is 28.4. The first-order chi connectivity index (χ1) is 19.3. The summed E-state index contributed by atoms with van der Waals surface area (Å²) in [4.78, 5) is 36.7. The molecule has 5 rings (SSSR count). The lowest BCUT2D eigenvalue weighted by Gasteiger charge is -2.28. The lowest BCUT2D eigenvalue weighted by Crippen LogP contribution is -2.40. The van der Waals surface area contributed by atoms with Crippen LogP contribution in [0.4, 0.5) is 10.5 Å². The summed E-state index contributed by atoms with van der Waals surface area (Å²) in [5, 5.41) is 29.8. The number of hydrogen-bond donors (Lipinski definition) is 4. The van der Waals surface area contributed by atoms with Gasteiger partial charge in [0.05, 0.1) is 15.8 Å². The maximum Gasteiger partial charge on any atom is 0.404 e. The molecule has 2 amide bonds. The number of ether oxygens (including phenoxy) is 1. The molecule has 0 atom stereocenters. The van der Waals surface area contributed by atoms with Crippen molar-refractivity contribution in [1.29, 1.82) is 0 Å². The van der Waals surface area contributed by atoms with Crippen LogP contribution < -0.4 is 16.8 Å². The van der Waals surface area contributed by atoms with Crippen LogP contribution in [0.5, 0.6) is 0 Å². The molecule has 206 valence electrons. The third-order valence-electron chi connectivity index (χ3n) is 7.34. The van der Waals surface area contributed by atoms with E-state index in [0.29, 0.717) is 36.8 Å². The third kappa shape index (κ3) is 5.10. The number of nitro groups is 1. The summed E-state index contributed by atoms with van der Waals surface area (Å²) < 4.78 is 6.69. The molecule has 0 aliphatic heterocycles. The van der Waals surface area contributed by atoms with Crippen LogP contribution in [0.15, 0.2) is 65.8 Å². The molecule has 0 saturated heterocycles. The van der Waals surface area contributed by atoms with Crippen LogP contribution in [-0.2, 0) is 11.3 Å². The molecule has 1 fully saturated rings. The summed E-state index contributed by atoms with van der Waals surface area (Å²) in [5.74, 6) is -0.754. The van der Waals surface area contributed by atoms with Gasteiger partial charge in [0.1, 0.15) is 6.10 Å². The van der Waals surface area contributed by atoms with Gasteiger partial charge in [0.2, 0.25) is 0 Å². The van der Waals surface area contributed by atoms with E-state index in [2.05, 4.69) is 10.5 Å². The lowest BCUT2D eigenvalue weighted by atomic mass is 9.93. The standard InChI is InChI=1S/C28H28N6O6/c29-26(32-37)17-8-13-22-23(14-17)33(15-18-6-3-5-16-4-1-2-7-21(16)18)25(24(22)34(38)39)27(35)31-19-9-11-20(12-10-19)40-28(30)36/h1-8,13-14,19-20,37H,9-12,15H2,(H2,29,32)(H2,30,36)(H,31,35)/t19-,20-. The van der Waals surface area contributed by atoms with Crippen molar-refractivity contribution in [1.82, 2.24) is 9.88 Å². The van der Waals surface area contributed by atoms with Gasteiger partial charge in [-0.15, -0.1) is 0 Å². The van der Waals surface area contributed by atoms with E-state index in [1.807, 2.05) is 42.5 Å². The average Bonchev–Trinajstić information content (AvgIpc) is 3.27. The topological polar surface area (TPSA) is 188 Å². The molecular weight excluding hydrogens is 516 g/mol. The first-order valence-corrected chi connectivity index (χ1v) is 12.8. The Labute approximate surface area is 228 Å². The normalized spacial score (nSPS) is 17.6. The number of hydrogen-bond acceptors (Lipinski definition) is 7. The number of oxime groups is 1. The van der Waals surface area contributed by atoms with Crippen molar-refractivity contribution in [2.45, 2.75) is 44.4 Å². The molecule has 3 aromatic carbocycles. The highest BCUT2D eigenvalue weighted by atomic mass is 16.6. The van der Waals surface area contributed by atoms with Crippen LogP contribution >= 0.6 is 0 Å². The predicted octanol–water partition coefficient (Wildman–Crippen LogP) is 3.98. The van der Waals surface area contributed by atoms with Gasteiger partial charge in [0.15, 0.2) is 11.5 Å². The van der Waals surface area contributed by atoms with Crippen LogP contribution in [0.2, 0.25) is 0 Å². The third-order valence-corrected chi connectivity index (χ3v) is 7.34. The largest absolute Gasteiger partial charge is 0.446 e. The van der Waals surface area contributed by atoms with E-state index in [4.69, 9.17) is 16.2 Å². The van der Waals surface area contributed by atoms with E-state index in [1.165, 1.54) is 12.1 Å². The second-order valence-corrected chi connectivity index (χ2v) is 9.78. The molecule has 1 aliphatic rings.